The van der Waals surface area contributed by atoms with E-state index in [1.54, 1.807) is 0 Å². The second-order valence-corrected chi connectivity index (χ2v) is 7.88. The van der Waals surface area contributed by atoms with Gasteiger partial charge in [-0.25, -0.2) is 0 Å². The Morgan fingerprint density at radius 2 is 1.24 bits per heavy atom. The van der Waals surface area contributed by atoms with Crippen molar-refractivity contribution in [3.05, 3.63) is 47.0 Å². The van der Waals surface area contributed by atoms with Gasteiger partial charge in [0.1, 0.15) is 0 Å². The standard InChI is InChI=1S/C19H30.C2H6/c1-14(2)9-10-15-11-16(18(3,4)5)13-17(12-15)19(6,7)8;1-2/h11-13H,1,9-10H2,2-8H3;1-2H3. The Labute approximate surface area is 133 Å². The quantitative estimate of drug-likeness (QED) is 0.535. The molecule has 1 aromatic rings. The van der Waals surface area contributed by atoms with Crippen LogP contribution in [0, 0.1) is 0 Å². The van der Waals surface area contributed by atoms with Crippen LogP contribution in [0.2, 0.25) is 0 Å². The molecule has 0 aromatic heterocycles. The lowest BCUT2D eigenvalue weighted by molar-refractivity contribution is 0.566. The van der Waals surface area contributed by atoms with E-state index in [4.69, 9.17) is 0 Å². The second kappa shape index (κ2) is 7.82. The molecule has 0 aliphatic heterocycles. The smallest absolute Gasteiger partial charge is 0.0132 e. The molecule has 0 saturated carbocycles. The normalized spacial score (nSPS) is 11.7. The summed E-state index contributed by atoms with van der Waals surface area (Å²) >= 11 is 0. The van der Waals surface area contributed by atoms with Crippen LogP contribution in [0.25, 0.3) is 0 Å². The summed E-state index contributed by atoms with van der Waals surface area (Å²) in [4.78, 5) is 0. The fourth-order valence-electron chi connectivity index (χ4n) is 2.06. The number of aryl methyl sites for hydroxylation is 1. The zero-order valence-corrected chi connectivity index (χ0v) is 15.9. The molecule has 0 saturated heterocycles. The predicted molar refractivity (Wildman–Crippen MR) is 98.3 cm³/mol. The van der Waals surface area contributed by atoms with Crippen molar-refractivity contribution in [2.45, 2.75) is 86.0 Å². The first-order valence-electron chi connectivity index (χ1n) is 8.29. The molecule has 0 radical (unpaired) electrons. The van der Waals surface area contributed by atoms with Gasteiger partial charge in [0.2, 0.25) is 0 Å². The van der Waals surface area contributed by atoms with Crippen molar-refractivity contribution in [3.63, 3.8) is 0 Å². The topological polar surface area (TPSA) is 0 Å². The van der Waals surface area contributed by atoms with Crippen molar-refractivity contribution < 1.29 is 0 Å². The van der Waals surface area contributed by atoms with Crippen molar-refractivity contribution in [2.75, 3.05) is 0 Å². The highest BCUT2D eigenvalue weighted by molar-refractivity contribution is 5.37. The monoisotopic (exact) mass is 288 g/mol. The first kappa shape index (κ1) is 20.0. The molecule has 0 bridgehead atoms. The van der Waals surface area contributed by atoms with Crippen LogP contribution >= 0.6 is 0 Å². The number of hydrogen-bond acceptors (Lipinski definition) is 0. The minimum absolute atomic E-state index is 0.208. The third-order valence-corrected chi connectivity index (χ3v) is 3.57. The Morgan fingerprint density at radius 3 is 1.52 bits per heavy atom. The van der Waals surface area contributed by atoms with Crippen LogP contribution in [0.15, 0.2) is 30.4 Å². The number of rotatable bonds is 3. The fraction of sp³-hybridized carbons (Fsp3) is 0.619. The zero-order valence-electron chi connectivity index (χ0n) is 15.9. The lowest BCUT2D eigenvalue weighted by Gasteiger charge is -2.26. The Kier molecular flexibility index (Phi) is 7.44. The summed E-state index contributed by atoms with van der Waals surface area (Å²) in [5.74, 6) is 0. The zero-order chi connectivity index (χ0) is 16.8. The molecule has 0 nitrogen and oxygen atoms in total. The van der Waals surface area contributed by atoms with Crippen LogP contribution < -0.4 is 0 Å². The van der Waals surface area contributed by atoms with Gasteiger partial charge in [-0.3, -0.25) is 0 Å². The molecule has 0 fully saturated rings. The van der Waals surface area contributed by atoms with E-state index in [9.17, 15) is 0 Å². The van der Waals surface area contributed by atoms with Crippen LogP contribution in [0.4, 0.5) is 0 Å². The fourth-order valence-corrected chi connectivity index (χ4v) is 2.06. The SMILES string of the molecule is C=C(C)CCc1cc(C(C)(C)C)cc(C(C)(C)C)c1.CC. The molecule has 0 amide bonds. The highest BCUT2D eigenvalue weighted by atomic mass is 14.2. The maximum atomic E-state index is 4.01. The van der Waals surface area contributed by atoms with Gasteiger partial charge in [0, 0.05) is 0 Å². The minimum Gasteiger partial charge on any atom is -0.100 e. The Balaban J connectivity index is 0.00000191. The van der Waals surface area contributed by atoms with Gasteiger partial charge in [-0.15, -0.1) is 6.58 Å². The molecule has 0 heterocycles. The molecule has 1 aromatic carbocycles. The van der Waals surface area contributed by atoms with E-state index in [1.807, 2.05) is 13.8 Å². The van der Waals surface area contributed by atoms with Crippen LogP contribution in [0.3, 0.4) is 0 Å². The number of hydrogen-bond donors (Lipinski definition) is 0. The summed E-state index contributed by atoms with van der Waals surface area (Å²) in [7, 11) is 0. The van der Waals surface area contributed by atoms with Gasteiger partial charge in [0.05, 0.1) is 0 Å². The van der Waals surface area contributed by atoms with Crippen molar-refractivity contribution in [1.29, 1.82) is 0 Å². The van der Waals surface area contributed by atoms with Crippen molar-refractivity contribution >= 4 is 0 Å². The van der Waals surface area contributed by atoms with E-state index < -0.39 is 0 Å². The van der Waals surface area contributed by atoms with Crippen LogP contribution in [0.1, 0.15) is 85.4 Å². The third kappa shape index (κ3) is 6.98. The van der Waals surface area contributed by atoms with E-state index in [1.165, 1.54) is 22.3 Å². The van der Waals surface area contributed by atoms with Gasteiger partial charge in [-0.05, 0) is 47.3 Å². The van der Waals surface area contributed by atoms with Gasteiger partial charge in [-0.1, -0.05) is 79.2 Å². The van der Waals surface area contributed by atoms with Crippen molar-refractivity contribution in [3.8, 4) is 0 Å². The largest absolute Gasteiger partial charge is 0.100 e. The highest BCUT2D eigenvalue weighted by Gasteiger charge is 2.20. The Morgan fingerprint density at radius 1 is 0.857 bits per heavy atom. The van der Waals surface area contributed by atoms with E-state index in [2.05, 4.69) is 73.2 Å². The predicted octanol–water partition coefficient (Wildman–Crippen LogP) is 6.82. The molecule has 0 atom stereocenters. The summed E-state index contributed by atoms with van der Waals surface area (Å²) in [6.07, 6.45) is 2.18. The van der Waals surface area contributed by atoms with Crippen LogP contribution in [0.5, 0.6) is 0 Å². The number of allylic oxidation sites excluding steroid dienone is 1. The lowest BCUT2D eigenvalue weighted by atomic mass is 9.79. The maximum absolute atomic E-state index is 4.01. The molecule has 0 aliphatic carbocycles. The van der Waals surface area contributed by atoms with Crippen LogP contribution in [-0.4, -0.2) is 0 Å². The Bertz CT molecular complexity index is 418. The third-order valence-electron chi connectivity index (χ3n) is 3.57. The van der Waals surface area contributed by atoms with Gasteiger partial charge in [-0.2, -0.15) is 0 Å². The van der Waals surface area contributed by atoms with Gasteiger partial charge in [0.15, 0.2) is 0 Å². The first-order valence-corrected chi connectivity index (χ1v) is 8.29. The molecule has 1 rings (SSSR count). The summed E-state index contributed by atoms with van der Waals surface area (Å²) in [6, 6.07) is 7.13. The highest BCUT2D eigenvalue weighted by Crippen LogP contribution is 2.30. The molecule has 21 heavy (non-hydrogen) atoms. The molecular weight excluding hydrogens is 252 g/mol. The lowest BCUT2D eigenvalue weighted by Crippen LogP contribution is -2.17. The molecule has 0 heteroatoms. The van der Waals surface area contributed by atoms with Gasteiger partial charge < -0.3 is 0 Å². The summed E-state index contributed by atoms with van der Waals surface area (Å²) < 4.78 is 0. The summed E-state index contributed by atoms with van der Waals surface area (Å²) in [5, 5.41) is 0. The molecule has 0 N–H and O–H groups in total. The second-order valence-electron chi connectivity index (χ2n) is 7.88. The molecule has 0 aliphatic rings. The van der Waals surface area contributed by atoms with Gasteiger partial charge in [0.25, 0.3) is 0 Å². The number of benzene rings is 1. The molecule has 0 unspecified atom stereocenters. The van der Waals surface area contributed by atoms with Crippen molar-refractivity contribution in [2.24, 2.45) is 0 Å². The van der Waals surface area contributed by atoms with E-state index in [0.29, 0.717) is 0 Å². The van der Waals surface area contributed by atoms with Gasteiger partial charge >= 0.3 is 0 Å². The first-order chi connectivity index (χ1) is 9.50. The molecular formula is C21H36. The molecule has 120 valence electrons. The average molecular weight is 289 g/mol. The van der Waals surface area contributed by atoms with Crippen LogP contribution in [-0.2, 0) is 17.3 Å². The van der Waals surface area contributed by atoms with Crippen molar-refractivity contribution in [1.82, 2.24) is 0 Å². The van der Waals surface area contributed by atoms with E-state index in [0.717, 1.165) is 12.8 Å². The molecule has 0 spiro atoms. The maximum Gasteiger partial charge on any atom is -0.0132 e. The minimum atomic E-state index is 0.208. The van der Waals surface area contributed by atoms with E-state index >= 15 is 0 Å². The average Bonchev–Trinajstić information content (AvgIpc) is 2.36. The summed E-state index contributed by atoms with van der Waals surface area (Å²) in [5.41, 5.74) is 6.01. The Hall–Kier alpha value is -1.04. The van der Waals surface area contributed by atoms with E-state index in [-0.39, 0.29) is 10.8 Å². The summed E-state index contributed by atoms with van der Waals surface area (Å²) in [6.45, 7) is 23.9.